The van der Waals surface area contributed by atoms with Crippen molar-refractivity contribution in [3.8, 4) is 0 Å². The molecule has 3 atom stereocenters. The van der Waals surface area contributed by atoms with Crippen LogP contribution in [-0.4, -0.2) is 34.6 Å². The van der Waals surface area contributed by atoms with Gasteiger partial charge in [0.2, 0.25) is 5.91 Å². The van der Waals surface area contributed by atoms with Crippen molar-refractivity contribution in [2.75, 3.05) is 6.54 Å². The van der Waals surface area contributed by atoms with Crippen molar-refractivity contribution >= 4 is 36.3 Å². The molecule has 0 aromatic carbocycles. The maximum atomic E-state index is 12.7. The smallest absolute Gasteiger partial charge is 0.226 e. The SMILES string of the molecule is BC1(I)CCCCC2C(=O)N(C(C)C)CCC2CCC1. The van der Waals surface area contributed by atoms with Gasteiger partial charge in [0, 0.05) is 18.5 Å². The van der Waals surface area contributed by atoms with Gasteiger partial charge in [-0.2, -0.15) is 0 Å². The van der Waals surface area contributed by atoms with Gasteiger partial charge < -0.3 is 4.90 Å². The minimum atomic E-state index is 0.324. The summed E-state index contributed by atoms with van der Waals surface area (Å²) in [5.74, 6) is 1.43. The van der Waals surface area contributed by atoms with E-state index < -0.39 is 0 Å². The summed E-state index contributed by atoms with van der Waals surface area (Å²) in [4.78, 5) is 14.8. The highest BCUT2D eigenvalue weighted by Gasteiger charge is 2.37. The molecule has 1 saturated heterocycles. The molecule has 20 heavy (non-hydrogen) atoms. The number of piperidine rings is 1. The van der Waals surface area contributed by atoms with E-state index in [-0.39, 0.29) is 0 Å². The van der Waals surface area contributed by atoms with Crippen LogP contribution < -0.4 is 0 Å². The minimum absolute atomic E-state index is 0.324. The molecule has 0 aromatic rings. The molecule has 4 heteroatoms. The second-order valence-electron chi connectivity index (χ2n) is 7.33. The number of nitrogens with zero attached hydrogens (tertiary/aromatic N) is 1. The van der Waals surface area contributed by atoms with Crippen LogP contribution in [-0.2, 0) is 4.79 Å². The van der Waals surface area contributed by atoms with E-state index in [9.17, 15) is 4.79 Å². The van der Waals surface area contributed by atoms with E-state index >= 15 is 0 Å². The van der Waals surface area contributed by atoms with Crippen LogP contribution in [0.4, 0.5) is 0 Å². The van der Waals surface area contributed by atoms with E-state index in [1.165, 1.54) is 44.9 Å². The highest BCUT2D eigenvalue weighted by molar-refractivity contribution is 14.1. The van der Waals surface area contributed by atoms with E-state index in [1.807, 2.05) is 0 Å². The van der Waals surface area contributed by atoms with Crippen LogP contribution in [0.15, 0.2) is 0 Å². The number of halogens is 1. The van der Waals surface area contributed by atoms with E-state index in [1.54, 1.807) is 0 Å². The van der Waals surface area contributed by atoms with Crippen molar-refractivity contribution in [3.63, 3.8) is 0 Å². The fourth-order valence-corrected chi connectivity index (χ4v) is 4.73. The van der Waals surface area contributed by atoms with Gasteiger partial charge in [0.15, 0.2) is 0 Å². The molecule has 0 spiro atoms. The van der Waals surface area contributed by atoms with Crippen LogP contribution in [0, 0.1) is 11.8 Å². The van der Waals surface area contributed by atoms with Crippen LogP contribution in [0.2, 0.25) is 0 Å². The lowest BCUT2D eigenvalue weighted by atomic mass is 9.73. The van der Waals surface area contributed by atoms with Crippen LogP contribution >= 0.6 is 22.6 Å². The Morgan fingerprint density at radius 3 is 2.60 bits per heavy atom. The number of amides is 1. The molecule has 1 saturated carbocycles. The summed E-state index contributed by atoms with van der Waals surface area (Å²) in [5.41, 5.74) is 0. The van der Waals surface area contributed by atoms with Crippen LogP contribution in [0.25, 0.3) is 0 Å². The van der Waals surface area contributed by atoms with E-state index in [2.05, 4.69) is 49.2 Å². The summed E-state index contributed by atoms with van der Waals surface area (Å²) >= 11 is 2.65. The molecule has 1 heterocycles. The largest absolute Gasteiger partial charge is 0.340 e. The Morgan fingerprint density at radius 1 is 1.20 bits per heavy atom. The third-order valence-electron chi connectivity index (χ3n) is 5.27. The topological polar surface area (TPSA) is 20.3 Å². The molecule has 2 aliphatic rings. The first kappa shape index (κ1) is 16.6. The lowest BCUT2D eigenvalue weighted by Crippen LogP contribution is -2.48. The number of carbonyl (C=O) groups is 1. The van der Waals surface area contributed by atoms with Crippen molar-refractivity contribution in [2.45, 2.75) is 74.6 Å². The van der Waals surface area contributed by atoms with Gasteiger partial charge in [-0.25, -0.2) is 0 Å². The summed E-state index contributed by atoms with van der Waals surface area (Å²) in [5, 5.41) is 0. The molecule has 1 aliphatic carbocycles. The monoisotopic (exact) mass is 389 g/mol. The van der Waals surface area contributed by atoms with Crippen LogP contribution in [0.5, 0.6) is 0 Å². The van der Waals surface area contributed by atoms with Gasteiger partial charge in [-0.15, -0.1) is 0 Å². The van der Waals surface area contributed by atoms with Crippen LogP contribution in [0.1, 0.15) is 65.2 Å². The normalized spacial score (nSPS) is 36.8. The second kappa shape index (κ2) is 7.02. The summed E-state index contributed by atoms with van der Waals surface area (Å²) in [6.07, 6.45) is 10.1. The number of carbonyl (C=O) groups excluding carboxylic acids is 1. The number of hydrogen-bond donors (Lipinski definition) is 0. The molecule has 0 aromatic heterocycles. The molecule has 0 N–H and O–H groups in total. The summed E-state index contributed by atoms with van der Waals surface area (Å²) in [7, 11) is 2.40. The summed E-state index contributed by atoms with van der Waals surface area (Å²) in [6.45, 7) is 5.29. The van der Waals surface area contributed by atoms with Gasteiger partial charge in [0.05, 0.1) is 0 Å². The molecule has 1 aliphatic heterocycles. The Balaban J connectivity index is 2.03. The van der Waals surface area contributed by atoms with Gasteiger partial charge in [0.1, 0.15) is 7.85 Å². The third-order valence-corrected chi connectivity index (χ3v) is 6.35. The predicted octanol–water partition coefficient (Wildman–Crippen LogP) is 3.37. The Labute approximate surface area is 139 Å². The molecule has 0 radical (unpaired) electrons. The number of hydrogen-bond acceptors (Lipinski definition) is 1. The Morgan fingerprint density at radius 2 is 1.90 bits per heavy atom. The van der Waals surface area contributed by atoms with Gasteiger partial charge in [-0.3, -0.25) is 4.79 Å². The van der Waals surface area contributed by atoms with Crippen molar-refractivity contribution in [1.29, 1.82) is 0 Å². The van der Waals surface area contributed by atoms with E-state index in [0.29, 0.717) is 27.1 Å². The minimum Gasteiger partial charge on any atom is -0.340 e. The highest BCUT2D eigenvalue weighted by Crippen LogP contribution is 2.37. The maximum Gasteiger partial charge on any atom is 0.226 e. The Bertz CT molecular complexity index is 345. The average molecular weight is 389 g/mol. The first-order valence-corrected chi connectivity index (χ1v) is 9.48. The fraction of sp³-hybridized carbons (Fsp3) is 0.938. The maximum absolute atomic E-state index is 12.7. The zero-order chi connectivity index (χ0) is 14.8. The molecule has 2 rings (SSSR count). The number of alkyl halides is 1. The van der Waals surface area contributed by atoms with Crippen molar-refractivity contribution in [3.05, 3.63) is 0 Å². The standard InChI is InChI=1S/C16H29BINO/c1-12(2)19-11-8-13-6-5-10-16(17,18)9-4-3-7-14(13)15(19)20/h12-14H,3-11,17H2,1-2H3. The first-order valence-electron chi connectivity index (χ1n) is 8.40. The van der Waals surface area contributed by atoms with Crippen molar-refractivity contribution in [2.24, 2.45) is 11.8 Å². The molecule has 114 valence electrons. The number of fused-ring (bicyclic) bond motifs is 1. The van der Waals surface area contributed by atoms with E-state index in [0.717, 1.165) is 13.0 Å². The molecular weight excluding hydrogens is 360 g/mol. The third kappa shape index (κ3) is 4.14. The molecule has 0 bridgehead atoms. The predicted molar refractivity (Wildman–Crippen MR) is 96.1 cm³/mol. The highest BCUT2D eigenvalue weighted by atomic mass is 127. The van der Waals surface area contributed by atoms with E-state index in [4.69, 9.17) is 0 Å². The van der Waals surface area contributed by atoms with Crippen molar-refractivity contribution in [1.82, 2.24) is 4.90 Å². The van der Waals surface area contributed by atoms with Crippen molar-refractivity contribution < 1.29 is 4.79 Å². The van der Waals surface area contributed by atoms with Gasteiger partial charge in [-0.1, -0.05) is 41.9 Å². The quantitative estimate of drug-likeness (QED) is 0.383. The second-order valence-corrected chi connectivity index (χ2v) is 9.94. The fourth-order valence-electron chi connectivity index (χ4n) is 3.96. The summed E-state index contributed by atoms with van der Waals surface area (Å²) < 4.78 is 0.479. The van der Waals surface area contributed by atoms with Gasteiger partial charge in [-0.05, 0) is 55.2 Å². The number of likely N-dealkylation sites (tertiary alicyclic amines) is 1. The van der Waals surface area contributed by atoms with Gasteiger partial charge in [0.25, 0.3) is 0 Å². The number of rotatable bonds is 1. The van der Waals surface area contributed by atoms with Crippen LogP contribution in [0.3, 0.4) is 0 Å². The molecule has 2 nitrogen and oxygen atoms in total. The average Bonchev–Trinajstić information content (AvgIpc) is 2.36. The Kier molecular flexibility index (Phi) is 5.84. The van der Waals surface area contributed by atoms with Gasteiger partial charge >= 0.3 is 0 Å². The lowest BCUT2D eigenvalue weighted by Gasteiger charge is -2.41. The first-order chi connectivity index (χ1) is 9.41. The molecule has 3 unspecified atom stereocenters. The Hall–Kier alpha value is 0.265. The zero-order valence-corrected chi connectivity index (χ0v) is 15.5. The molecule has 1 amide bonds. The lowest BCUT2D eigenvalue weighted by molar-refractivity contribution is -0.143. The summed E-state index contributed by atoms with van der Waals surface area (Å²) in [6, 6.07) is 0.372. The molecule has 2 fully saturated rings. The zero-order valence-electron chi connectivity index (χ0n) is 13.3. The molecular formula is C16H29BINO.